The third-order valence-corrected chi connectivity index (χ3v) is 3.25. The SMILES string of the molecule is O=C(O)CC(c1ccc(C(F)(F)F)cc1)C1CC1. The van der Waals surface area contributed by atoms with Crippen molar-refractivity contribution in [2.24, 2.45) is 5.92 Å². The number of rotatable bonds is 4. The highest BCUT2D eigenvalue weighted by atomic mass is 19.4. The highest BCUT2D eigenvalue weighted by Crippen LogP contribution is 2.44. The molecule has 0 bridgehead atoms. The molecule has 0 spiro atoms. The molecule has 5 heteroatoms. The molecular formula is C13H13F3O2. The summed E-state index contributed by atoms with van der Waals surface area (Å²) in [6.45, 7) is 0. The van der Waals surface area contributed by atoms with Gasteiger partial charge < -0.3 is 5.11 Å². The van der Waals surface area contributed by atoms with Crippen LogP contribution in [0.4, 0.5) is 13.2 Å². The summed E-state index contributed by atoms with van der Waals surface area (Å²) >= 11 is 0. The van der Waals surface area contributed by atoms with E-state index in [1.807, 2.05) is 0 Å². The number of benzene rings is 1. The maximum atomic E-state index is 12.4. The lowest BCUT2D eigenvalue weighted by atomic mass is 9.90. The quantitative estimate of drug-likeness (QED) is 0.894. The fourth-order valence-electron chi connectivity index (χ4n) is 2.16. The molecule has 1 N–H and O–H groups in total. The molecule has 2 nitrogen and oxygen atoms in total. The smallest absolute Gasteiger partial charge is 0.416 e. The number of carboxylic acids is 1. The first-order valence-electron chi connectivity index (χ1n) is 5.77. The first-order valence-corrected chi connectivity index (χ1v) is 5.77. The summed E-state index contributed by atoms with van der Waals surface area (Å²) in [5, 5.41) is 8.83. The molecule has 98 valence electrons. The van der Waals surface area contributed by atoms with Gasteiger partial charge in [0.1, 0.15) is 0 Å². The van der Waals surface area contributed by atoms with E-state index in [-0.39, 0.29) is 12.3 Å². The Morgan fingerprint density at radius 1 is 1.28 bits per heavy atom. The minimum atomic E-state index is -4.35. The predicted molar refractivity (Wildman–Crippen MR) is 59.2 cm³/mol. The Morgan fingerprint density at radius 2 is 1.83 bits per heavy atom. The zero-order chi connectivity index (χ0) is 13.3. The van der Waals surface area contributed by atoms with Crippen LogP contribution in [0, 0.1) is 5.92 Å². The Kier molecular flexibility index (Phi) is 3.32. The standard InChI is InChI=1S/C13H13F3O2/c14-13(15,16)10-5-3-9(4-6-10)11(7-12(17)18)8-1-2-8/h3-6,8,11H,1-2,7H2,(H,17,18). The summed E-state index contributed by atoms with van der Waals surface area (Å²) in [6.07, 6.45) is -2.45. The summed E-state index contributed by atoms with van der Waals surface area (Å²) in [5.74, 6) is -0.769. The van der Waals surface area contributed by atoms with E-state index < -0.39 is 17.7 Å². The number of halogens is 3. The van der Waals surface area contributed by atoms with Crippen molar-refractivity contribution in [2.45, 2.75) is 31.4 Å². The van der Waals surface area contributed by atoms with Crippen molar-refractivity contribution in [1.82, 2.24) is 0 Å². The average Bonchev–Trinajstić information content (AvgIpc) is 3.08. The predicted octanol–water partition coefficient (Wildman–Crippen LogP) is 3.67. The van der Waals surface area contributed by atoms with E-state index in [2.05, 4.69) is 0 Å². The molecule has 0 saturated heterocycles. The summed E-state index contributed by atoms with van der Waals surface area (Å²) in [4.78, 5) is 10.8. The molecule has 1 unspecified atom stereocenters. The van der Waals surface area contributed by atoms with Crippen LogP contribution >= 0.6 is 0 Å². The van der Waals surface area contributed by atoms with Gasteiger partial charge in [-0.3, -0.25) is 4.79 Å². The van der Waals surface area contributed by atoms with Gasteiger partial charge in [-0.05, 0) is 42.4 Å². The Bertz CT molecular complexity index is 433. The first-order chi connectivity index (χ1) is 8.38. The third kappa shape index (κ3) is 3.03. The molecule has 1 atom stereocenters. The highest BCUT2D eigenvalue weighted by Gasteiger charge is 2.35. The van der Waals surface area contributed by atoms with Crippen molar-refractivity contribution < 1.29 is 23.1 Å². The normalized spacial score (nSPS) is 17.5. The largest absolute Gasteiger partial charge is 0.481 e. The maximum absolute atomic E-state index is 12.4. The first kappa shape index (κ1) is 12.9. The number of carbonyl (C=O) groups is 1. The van der Waals surface area contributed by atoms with Crippen LogP contribution in [0.5, 0.6) is 0 Å². The van der Waals surface area contributed by atoms with Gasteiger partial charge in [-0.15, -0.1) is 0 Å². The molecule has 1 aromatic rings. The molecule has 18 heavy (non-hydrogen) atoms. The van der Waals surface area contributed by atoms with Gasteiger partial charge in [0.2, 0.25) is 0 Å². The zero-order valence-electron chi connectivity index (χ0n) is 9.57. The maximum Gasteiger partial charge on any atom is 0.416 e. The van der Waals surface area contributed by atoms with Gasteiger partial charge in [0, 0.05) is 0 Å². The van der Waals surface area contributed by atoms with E-state index in [0.717, 1.165) is 25.0 Å². The Balaban J connectivity index is 2.18. The number of hydrogen-bond acceptors (Lipinski definition) is 1. The van der Waals surface area contributed by atoms with Gasteiger partial charge in [-0.1, -0.05) is 12.1 Å². The number of alkyl halides is 3. The van der Waals surface area contributed by atoms with Gasteiger partial charge >= 0.3 is 12.1 Å². The lowest BCUT2D eigenvalue weighted by Crippen LogP contribution is -2.09. The molecule has 0 heterocycles. The van der Waals surface area contributed by atoms with Crippen LogP contribution in [0.1, 0.15) is 36.3 Å². The van der Waals surface area contributed by atoms with Gasteiger partial charge in [-0.2, -0.15) is 13.2 Å². The van der Waals surface area contributed by atoms with Crippen LogP contribution in [0.15, 0.2) is 24.3 Å². The fraction of sp³-hybridized carbons (Fsp3) is 0.462. The van der Waals surface area contributed by atoms with E-state index in [4.69, 9.17) is 5.11 Å². The zero-order valence-corrected chi connectivity index (χ0v) is 9.57. The summed E-state index contributed by atoms with van der Waals surface area (Å²) in [6, 6.07) is 4.84. The second-order valence-corrected chi connectivity index (χ2v) is 4.66. The molecule has 1 aliphatic rings. The Labute approximate surface area is 102 Å². The lowest BCUT2D eigenvalue weighted by Gasteiger charge is -2.15. The van der Waals surface area contributed by atoms with Crippen LogP contribution in [0.3, 0.4) is 0 Å². The third-order valence-electron chi connectivity index (χ3n) is 3.25. The van der Waals surface area contributed by atoms with Crippen LogP contribution in [-0.2, 0) is 11.0 Å². The van der Waals surface area contributed by atoms with Gasteiger partial charge in [-0.25, -0.2) is 0 Å². The highest BCUT2D eigenvalue weighted by molar-refractivity contribution is 5.68. The Morgan fingerprint density at radius 3 is 2.22 bits per heavy atom. The van der Waals surface area contributed by atoms with Crippen molar-refractivity contribution in [1.29, 1.82) is 0 Å². The van der Waals surface area contributed by atoms with E-state index in [1.54, 1.807) is 0 Å². The van der Waals surface area contributed by atoms with E-state index in [9.17, 15) is 18.0 Å². The van der Waals surface area contributed by atoms with Gasteiger partial charge in [0.15, 0.2) is 0 Å². The molecule has 0 radical (unpaired) electrons. The average molecular weight is 258 g/mol. The minimum absolute atomic E-state index is 0.0178. The molecule has 0 amide bonds. The van der Waals surface area contributed by atoms with E-state index in [0.29, 0.717) is 11.5 Å². The van der Waals surface area contributed by atoms with E-state index in [1.165, 1.54) is 12.1 Å². The summed E-state index contributed by atoms with van der Waals surface area (Å²) in [7, 11) is 0. The van der Waals surface area contributed by atoms with Gasteiger partial charge in [0.05, 0.1) is 12.0 Å². The molecular weight excluding hydrogens is 245 g/mol. The van der Waals surface area contributed by atoms with Crippen LogP contribution < -0.4 is 0 Å². The van der Waals surface area contributed by atoms with Crippen LogP contribution in [0.2, 0.25) is 0 Å². The minimum Gasteiger partial charge on any atom is -0.481 e. The van der Waals surface area contributed by atoms with Crippen molar-refractivity contribution in [3.63, 3.8) is 0 Å². The lowest BCUT2D eigenvalue weighted by molar-refractivity contribution is -0.138. The molecule has 1 aromatic carbocycles. The van der Waals surface area contributed by atoms with Crippen molar-refractivity contribution in [2.75, 3.05) is 0 Å². The second kappa shape index (κ2) is 4.63. The molecule has 1 fully saturated rings. The van der Waals surface area contributed by atoms with Crippen LogP contribution in [-0.4, -0.2) is 11.1 Å². The topological polar surface area (TPSA) is 37.3 Å². The summed E-state index contributed by atoms with van der Waals surface area (Å²) in [5.41, 5.74) is -0.0102. The molecule has 0 aromatic heterocycles. The van der Waals surface area contributed by atoms with Gasteiger partial charge in [0.25, 0.3) is 0 Å². The second-order valence-electron chi connectivity index (χ2n) is 4.66. The molecule has 1 aliphatic carbocycles. The number of hydrogen-bond donors (Lipinski definition) is 1. The monoisotopic (exact) mass is 258 g/mol. The fourth-order valence-corrected chi connectivity index (χ4v) is 2.16. The van der Waals surface area contributed by atoms with Crippen molar-refractivity contribution in [3.8, 4) is 0 Å². The number of carboxylic acid groups (broad SMARTS) is 1. The Hall–Kier alpha value is -1.52. The molecule has 2 rings (SSSR count). The summed E-state index contributed by atoms with van der Waals surface area (Å²) < 4.78 is 37.2. The molecule has 0 aliphatic heterocycles. The molecule has 1 saturated carbocycles. The van der Waals surface area contributed by atoms with Crippen molar-refractivity contribution in [3.05, 3.63) is 35.4 Å². The van der Waals surface area contributed by atoms with E-state index >= 15 is 0 Å². The van der Waals surface area contributed by atoms with Crippen LogP contribution in [0.25, 0.3) is 0 Å². The van der Waals surface area contributed by atoms with Crippen molar-refractivity contribution >= 4 is 5.97 Å². The number of aliphatic carboxylic acids is 1.